The van der Waals surface area contributed by atoms with E-state index >= 15 is 0 Å². The highest BCUT2D eigenvalue weighted by Crippen LogP contribution is 2.17. The minimum Gasteiger partial charge on any atom is -0.399 e. The van der Waals surface area contributed by atoms with Crippen LogP contribution in [0.15, 0.2) is 59.1 Å². The van der Waals surface area contributed by atoms with Crippen LogP contribution in [0.25, 0.3) is 6.08 Å². The van der Waals surface area contributed by atoms with E-state index in [1.54, 1.807) is 24.1 Å². The first-order chi connectivity index (χ1) is 10.1. The highest BCUT2D eigenvalue weighted by atomic mass is 79.9. The topological polar surface area (TPSA) is 46.3 Å². The van der Waals surface area contributed by atoms with Crippen molar-refractivity contribution in [3.05, 3.63) is 70.2 Å². The van der Waals surface area contributed by atoms with Crippen LogP contribution in [0.3, 0.4) is 0 Å². The molecule has 0 aliphatic rings. The molecule has 0 aromatic heterocycles. The van der Waals surface area contributed by atoms with Crippen LogP contribution in [0.2, 0.25) is 0 Å². The molecule has 3 nitrogen and oxygen atoms in total. The van der Waals surface area contributed by atoms with E-state index in [9.17, 15) is 4.79 Å². The number of hydrogen-bond donors (Lipinski definition) is 1. The van der Waals surface area contributed by atoms with Gasteiger partial charge in [0, 0.05) is 29.8 Å². The SMILES string of the molecule is CN(Cc1ccccc1Br)C(=O)/C=C/c1cccc(N)c1. The maximum atomic E-state index is 12.1. The number of likely N-dealkylation sites (N-methyl/N-ethyl adjacent to an activating group) is 1. The molecule has 21 heavy (non-hydrogen) atoms. The fourth-order valence-corrected chi connectivity index (χ4v) is 2.33. The van der Waals surface area contributed by atoms with Crippen molar-refractivity contribution in [2.45, 2.75) is 6.54 Å². The zero-order valence-electron chi connectivity index (χ0n) is 11.8. The standard InChI is InChI=1S/C17H17BrN2O/c1-20(12-14-6-2-3-8-16(14)18)17(21)10-9-13-5-4-7-15(19)11-13/h2-11H,12,19H2,1H3/b10-9+. The number of halogens is 1. The molecule has 2 rings (SSSR count). The summed E-state index contributed by atoms with van der Waals surface area (Å²) >= 11 is 3.49. The van der Waals surface area contributed by atoms with Crippen molar-refractivity contribution in [1.82, 2.24) is 4.90 Å². The smallest absolute Gasteiger partial charge is 0.246 e. The van der Waals surface area contributed by atoms with E-state index in [2.05, 4.69) is 15.9 Å². The van der Waals surface area contributed by atoms with E-state index in [0.29, 0.717) is 12.2 Å². The molecule has 0 aliphatic heterocycles. The molecule has 0 spiro atoms. The van der Waals surface area contributed by atoms with E-state index in [1.165, 1.54) is 0 Å². The first kappa shape index (κ1) is 15.3. The molecule has 0 radical (unpaired) electrons. The van der Waals surface area contributed by atoms with Crippen LogP contribution >= 0.6 is 15.9 Å². The molecule has 2 N–H and O–H groups in total. The molecular weight excluding hydrogens is 328 g/mol. The van der Waals surface area contributed by atoms with Crippen molar-refractivity contribution in [2.75, 3.05) is 12.8 Å². The lowest BCUT2D eigenvalue weighted by atomic mass is 10.2. The lowest BCUT2D eigenvalue weighted by Gasteiger charge is -2.16. The number of benzene rings is 2. The van der Waals surface area contributed by atoms with Gasteiger partial charge in [0.2, 0.25) is 5.91 Å². The third-order valence-corrected chi connectivity index (χ3v) is 3.84. The fraction of sp³-hybridized carbons (Fsp3) is 0.118. The van der Waals surface area contributed by atoms with Gasteiger partial charge in [0.25, 0.3) is 0 Å². The van der Waals surface area contributed by atoms with E-state index in [1.807, 2.05) is 48.5 Å². The Hall–Kier alpha value is -2.07. The Morgan fingerprint density at radius 1 is 1.24 bits per heavy atom. The molecular formula is C17H17BrN2O. The molecule has 0 atom stereocenters. The van der Waals surface area contributed by atoms with Crippen molar-refractivity contribution in [3.63, 3.8) is 0 Å². The summed E-state index contributed by atoms with van der Waals surface area (Å²) in [6, 6.07) is 15.3. The van der Waals surface area contributed by atoms with Gasteiger partial charge in [0.05, 0.1) is 0 Å². The molecule has 0 fully saturated rings. The van der Waals surface area contributed by atoms with E-state index in [4.69, 9.17) is 5.73 Å². The number of hydrogen-bond acceptors (Lipinski definition) is 2. The fourth-order valence-electron chi connectivity index (χ4n) is 1.92. The van der Waals surface area contributed by atoms with Crippen molar-refractivity contribution in [1.29, 1.82) is 0 Å². The highest BCUT2D eigenvalue weighted by molar-refractivity contribution is 9.10. The maximum absolute atomic E-state index is 12.1. The van der Waals surface area contributed by atoms with Crippen LogP contribution in [0.5, 0.6) is 0 Å². The summed E-state index contributed by atoms with van der Waals surface area (Å²) in [5.41, 5.74) is 8.38. The third kappa shape index (κ3) is 4.46. The molecule has 0 saturated carbocycles. The summed E-state index contributed by atoms with van der Waals surface area (Å²) in [6.45, 7) is 0.557. The summed E-state index contributed by atoms with van der Waals surface area (Å²) in [5.74, 6) is -0.0480. The number of anilines is 1. The summed E-state index contributed by atoms with van der Waals surface area (Å²) < 4.78 is 1.00. The van der Waals surface area contributed by atoms with Gasteiger partial charge in [-0.05, 0) is 35.4 Å². The Kier molecular flexibility index (Phi) is 5.17. The van der Waals surface area contributed by atoms with Crippen molar-refractivity contribution < 1.29 is 4.79 Å². The van der Waals surface area contributed by atoms with Gasteiger partial charge in [0.1, 0.15) is 0 Å². The van der Waals surface area contributed by atoms with Gasteiger partial charge in [-0.3, -0.25) is 4.79 Å². The lowest BCUT2D eigenvalue weighted by Crippen LogP contribution is -2.24. The number of nitrogens with zero attached hydrogens (tertiary/aromatic N) is 1. The molecule has 4 heteroatoms. The second kappa shape index (κ2) is 7.09. The van der Waals surface area contributed by atoms with Crippen LogP contribution in [0.1, 0.15) is 11.1 Å². The zero-order chi connectivity index (χ0) is 15.2. The molecule has 0 heterocycles. The molecule has 2 aromatic rings. The van der Waals surface area contributed by atoms with Crippen molar-refractivity contribution in [3.8, 4) is 0 Å². The monoisotopic (exact) mass is 344 g/mol. The third-order valence-electron chi connectivity index (χ3n) is 3.07. The van der Waals surface area contributed by atoms with Crippen molar-refractivity contribution >= 4 is 33.6 Å². The van der Waals surface area contributed by atoms with Gasteiger partial charge < -0.3 is 10.6 Å². The van der Waals surface area contributed by atoms with Crippen LogP contribution in [0.4, 0.5) is 5.69 Å². The van der Waals surface area contributed by atoms with Crippen molar-refractivity contribution in [2.24, 2.45) is 0 Å². The first-order valence-corrected chi connectivity index (χ1v) is 7.37. The molecule has 108 valence electrons. The summed E-state index contributed by atoms with van der Waals surface area (Å²) in [7, 11) is 1.78. The normalized spacial score (nSPS) is 10.8. The van der Waals surface area contributed by atoms with Crippen LogP contribution < -0.4 is 5.73 Å². The maximum Gasteiger partial charge on any atom is 0.246 e. The number of amides is 1. The minimum absolute atomic E-state index is 0.0480. The summed E-state index contributed by atoms with van der Waals surface area (Å²) in [5, 5.41) is 0. The second-order valence-corrected chi connectivity index (χ2v) is 5.64. The minimum atomic E-state index is -0.0480. The average molecular weight is 345 g/mol. The predicted octanol–water partition coefficient (Wildman–Crippen LogP) is 3.70. The van der Waals surface area contributed by atoms with E-state index in [0.717, 1.165) is 15.6 Å². The van der Waals surface area contributed by atoms with Crippen LogP contribution in [-0.2, 0) is 11.3 Å². The second-order valence-electron chi connectivity index (χ2n) is 4.79. The van der Waals surface area contributed by atoms with Gasteiger partial charge in [-0.1, -0.05) is 46.3 Å². The average Bonchev–Trinajstić information content (AvgIpc) is 2.47. The van der Waals surface area contributed by atoms with Crippen LogP contribution in [-0.4, -0.2) is 17.9 Å². The van der Waals surface area contributed by atoms with Gasteiger partial charge in [-0.2, -0.15) is 0 Å². The first-order valence-electron chi connectivity index (χ1n) is 6.58. The predicted molar refractivity (Wildman–Crippen MR) is 90.5 cm³/mol. The number of rotatable bonds is 4. The zero-order valence-corrected chi connectivity index (χ0v) is 13.4. The number of nitrogens with two attached hydrogens (primary N) is 1. The Morgan fingerprint density at radius 2 is 2.00 bits per heavy atom. The Morgan fingerprint density at radius 3 is 2.71 bits per heavy atom. The summed E-state index contributed by atoms with van der Waals surface area (Å²) in [4.78, 5) is 13.8. The largest absolute Gasteiger partial charge is 0.399 e. The van der Waals surface area contributed by atoms with Gasteiger partial charge in [-0.25, -0.2) is 0 Å². The molecule has 0 unspecified atom stereocenters. The molecule has 0 bridgehead atoms. The van der Waals surface area contributed by atoms with Crippen LogP contribution in [0, 0.1) is 0 Å². The Bertz CT molecular complexity index is 667. The number of carbonyl (C=O) groups is 1. The summed E-state index contributed by atoms with van der Waals surface area (Å²) in [6.07, 6.45) is 3.33. The Balaban J connectivity index is 2.01. The van der Waals surface area contributed by atoms with Gasteiger partial charge in [0.15, 0.2) is 0 Å². The van der Waals surface area contributed by atoms with E-state index < -0.39 is 0 Å². The number of carbonyl (C=O) groups excluding carboxylic acids is 1. The molecule has 2 aromatic carbocycles. The number of nitrogen functional groups attached to an aromatic ring is 1. The lowest BCUT2D eigenvalue weighted by molar-refractivity contribution is -0.125. The molecule has 1 amide bonds. The highest BCUT2D eigenvalue weighted by Gasteiger charge is 2.07. The van der Waals surface area contributed by atoms with Gasteiger partial charge >= 0.3 is 0 Å². The molecule has 0 aliphatic carbocycles. The van der Waals surface area contributed by atoms with E-state index in [-0.39, 0.29) is 5.91 Å². The van der Waals surface area contributed by atoms with Gasteiger partial charge in [-0.15, -0.1) is 0 Å². The Labute approximate surface area is 133 Å². The molecule has 0 saturated heterocycles. The quantitative estimate of drug-likeness (QED) is 0.678.